The molecule has 0 aromatic heterocycles. The summed E-state index contributed by atoms with van der Waals surface area (Å²) < 4.78 is 18.1. The molecule has 100 valence electrons. The number of amides is 1. The number of carbonyl (C=O) groups excluding carboxylic acids is 1. The van der Waals surface area contributed by atoms with Crippen LogP contribution in [0.25, 0.3) is 0 Å². The van der Waals surface area contributed by atoms with Crippen molar-refractivity contribution in [3.8, 4) is 5.75 Å². The van der Waals surface area contributed by atoms with Gasteiger partial charge in [-0.3, -0.25) is 4.79 Å². The summed E-state index contributed by atoms with van der Waals surface area (Å²) in [6, 6.07) is 5.78. The monoisotopic (exact) mass is 254 g/mol. The normalized spacial score (nSPS) is 12.0. The van der Waals surface area contributed by atoms with E-state index in [0.29, 0.717) is 25.4 Å². The Morgan fingerprint density at radius 3 is 2.61 bits per heavy atom. The second kappa shape index (κ2) is 6.96. The zero-order valence-electron chi connectivity index (χ0n) is 10.7. The van der Waals surface area contributed by atoms with E-state index < -0.39 is 0 Å². The Bertz CT molecular complexity index is 381. The van der Waals surface area contributed by atoms with Gasteiger partial charge >= 0.3 is 0 Å². The summed E-state index contributed by atoms with van der Waals surface area (Å²) in [4.78, 5) is 13.3. The average Bonchev–Trinajstić information content (AvgIpc) is 2.39. The minimum absolute atomic E-state index is 0.000191. The fourth-order valence-electron chi connectivity index (χ4n) is 1.42. The molecule has 1 aromatic rings. The topological polar surface area (TPSA) is 55.6 Å². The van der Waals surface area contributed by atoms with E-state index in [1.165, 1.54) is 12.1 Å². The Morgan fingerprint density at radius 1 is 1.44 bits per heavy atom. The quantitative estimate of drug-likeness (QED) is 0.831. The minimum atomic E-state index is -0.300. The van der Waals surface area contributed by atoms with Crippen LogP contribution in [0.1, 0.15) is 6.92 Å². The summed E-state index contributed by atoms with van der Waals surface area (Å²) in [7, 11) is 1.71. The lowest BCUT2D eigenvalue weighted by Crippen LogP contribution is -2.37. The van der Waals surface area contributed by atoms with E-state index in [1.807, 2.05) is 0 Å². The van der Waals surface area contributed by atoms with Gasteiger partial charge < -0.3 is 15.4 Å². The Morgan fingerprint density at radius 2 is 2.06 bits per heavy atom. The van der Waals surface area contributed by atoms with E-state index in [0.717, 1.165) is 0 Å². The lowest BCUT2D eigenvalue weighted by atomic mass is 10.1. The summed E-state index contributed by atoms with van der Waals surface area (Å²) in [5.74, 6) is 0.108. The van der Waals surface area contributed by atoms with E-state index in [1.54, 1.807) is 31.0 Å². The smallest absolute Gasteiger partial charge is 0.226 e. The van der Waals surface area contributed by atoms with Gasteiger partial charge in [0.25, 0.3) is 0 Å². The number of benzene rings is 1. The van der Waals surface area contributed by atoms with Gasteiger partial charge in [-0.05, 0) is 24.3 Å². The van der Waals surface area contributed by atoms with Crippen molar-refractivity contribution in [1.29, 1.82) is 0 Å². The largest absolute Gasteiger partial charge is 0.492 e. The third-order valence-electron chi connectivity index (χ3n) is 2.66. The van der Waals surface area contributed by atoms with Gasteiger partial charge in [-0.15, -0.1) is 0 Å². The standard InChI is InChI=1S/C13H19FN2O2/c1-10(9-15)13(17)16(2)7-8-18-12-5-3-11(14)4-6-12/h3-6,10H,7-9,15H2,1-2H3. The molecule has 4 nitrogen and oxygen atoms in total. The first-order chi connectivity index (χ1) is 8.54. The van der Waals surface area contributed by atoms with Gasteiger partial charge in [-0.1, -0.05) is 6.92 Å². The molecule has 0 saturated heterocycles. The Kier molecular flexibility index (Phi) is 5.58. The van der Waals surface area contributed by atoms with Crippen LogP contribution in [-0.2, 0) is 4.79 Å². The summed E-state index contributed by atoms with van der Waals surface area (Å²) in [5, 5.41) is 0. The van der Waals surface area contributed by atoms with Crippen LogP contribution in [0.5, 0.6) is 5.75 Å². The van der Waals surface area contributed by atoms with Crippen LogP contribution in [0.3, 0.4) is 0 Å². The maximum Gasteiger partial charge on any atom is 0.226 e. The van der Waals surface area contributed by atoms with Crippen LogP contribution in [0.15, 0.2) is 24.3 Å². The Hall–Kier alpha value is -1.62. The molecule has 0 radical (unpaired) electrons. The first-order valence-electron chi connectivity index (χ1n) is 5.88. The van der Waals surface area contributed by atoms with Crippen LogP contribution in [0.2, 0.25) is 0 Å². The zero-order valence-corrected chi connectivity index (χ0v) is 10.7. The van der Waals surface area contributed by atoms with Gasteiger partial charge in [-0.2, -0.15) is 0 Å². The number of nitrogens with two attached hydrogens (primary N) is 1. The highest BCUT2D eigenvalue weighted by atomic mass is 19.1. The maximum absolute atomic E-state index is 12.7. The molecule has 1 rings (SSSR count). The summed E-state index contributed by atoms with van der Waals surface area (Å²) in [6.45, 7) is 2.97. The van der Waals surface area contributed by atoms with Crippen molar-refractivity contribution in [3.63, 3.8) is 0 Å². The SMILES string of the molecule is CC(CN)C(=O)N(C)CCOc1ccc(F)cc1. The van der Waals surface area contributed by atoms with Crippen molar-refractivity contribution in [1.82, 2.24) is 4.90 Å². The fourth-order valence-corrected chi connectivity index (χ4v) is 1.42. The minimum Gasteiger partial charge on any atom is -0.492 e. The molecular weight excluding hydrogens is 235 g/mol. The highest BCUT2D eigenvalue weighted by molar-refractivity contribution is 5.78. The molecule has 1 unspecified atom stereocenters. The fraction of sp³-hybridized carbons (Fsp3) is 0.462. The van der Waals surface area contributed by atoms with E-state index >= 15 is 0 Å². The molecule has 18 heavy (non-hydrogen) atoms. The average molecular weight is 254 g/mol. The van der Waals surface area contributed by atoms with Crippen molar-refractivity contribution in [2.24, 2.45) is 11.7 Å². The Labute approximate surface area is 107 Å². The van der Waals surface area contributed by atoms with Crippen LogP contribution < -0.4 is 10.5 Å². The molecule has 0 saturated carbocycles. The van der Waals surface area contributed by atoms with Crippen molar-refractivity contribution in [3.05, 3.63) is 30.1 Å². The van der Waals surface area contributed by atoms with Crippen molar-refractivity contribution >= 4 is 5.91 Å². The number of halogens is 1. The van der Waals surface area contributed by atoms with Crippen LogP contribution in [-0.4, -0.2) is 37.6 Å². The highest BCUT2D eigenvalue weighted by Gasteiger charge is 2.15. The highest BCUT2D eigenvalue weighted by Crippen LogP contribution is 2.10. The molecule has 0 aliphatic rings. The predicted octanol–water partition coefficient (Wildman–Crippen LogP) is 1.26. The molecule has 0 aliphatic carbocycles. The molecule has 1 aromatic carbocycles. The van der Waals surface area contributed by atoms with Gasteiger partial charge in [0.05, 0.1) is 6.54 Å². The van der Waals surface area contributed by atoms with E-state index in [2.05, 4.69) is 0 Å². The van der Waals surface area contributed by atoms with Gasteiger partial charge in [0.1, 0.15) is 18.2 Å². The number of ether oxygens (including phenoxy) is 1. The Balaban J connectivity index is 2.33. The number of nitrogens with zero attached hydrogens (tertiary/aromatic N) is 1. The van der Waals surface area contributed by atoms with E-state index in [9.17, 15) is 9.18 Å². The van der Waals surface area contributed by atoms with Crippen molar-refractivity contribution in [2.75, 3.05) is 26.7 Å². The van der Waals surface area contributed by atoms with Crippen molar-refractivity contribution in [2.45, 2.75) is 6.92 Å². The molecule has 1 amide bonds. The molecule has 0 aliphatic heterocycles. The molecule has 0 fully saturated rings. The second-order valence-corrected chi connectivity index (χ2v) is 4.20. The van der Waals surface area contributed by atoms with E-state index in [4.69, 9.17) is 10.5 Å². The third kappa shape index (κ3) is 4.33. The maximum atomic E-state index is 12.7. The molecule has 0 heterocycles. The van der Waals surface area contributed by atoms with Gasteiger partial charge in [-0.25, -0.2) is 4.39 Å². The lowest BCUT2D eigenvalue weighted by molar-refractivity contribution is -0.133. The second-order valence-electron chi connectivity index (χ2n) is 4.20. The van der Waals surface area contributed by atoms with Crippen LogP contribution in [0, 0.1) is 11.7 Å². The van der Waals surface area contributed by atoms with Gasteiger partial charge in [0.2, 0.25) is 5.91 Å². The summed E-state index contributed by atoms with van der Waals surface area (Å²) in [6.07, 6.45) is 0. The molecule has 1 atom stereocenters. The number of rotatable bonds is 6. The van der Waals surface area contributed by atoms with Crippen LogP contribution >= 0.6 is 0 Å². The van der Waals surface area contributed by atoms with Gasteiger partial charge in [0, 0.05) is 19.5 Å². The first kappa shape index (κ1) is 14.4. The summed E-state index contributed by atoms with van der Waals surface area (Å²) in [5.41, 5.74) is 5.43. The first-order valence-corrected chi connectivity index (χ1v) is 5.88. The van der Waals surface area contributed by atoms with Gasteiger partial charge in [0.15, 0.2) is 0 Å². The number of carbonyl (C=O) groups is 1. The van der Waals surface area contributed by atoms with Crippen molar-refractivity contribution < 1.29 is 13.9 Å². The number of hydrogen-bond acceptors (Lipinski definition) is 3. The molecule has 0 spiro atoms. The molecule has 5 heteroatoms. The number of hydrogen-bond donors (Lipinski definition) is 1. The van der Waals surface area contributed by atoms with Crippen LogP contribution in [0.4, 0.5) is 4.39 Å². The predicted molar refractivity (Wildman–Crippen MR) is 67.8 cm³/mol. The number of likely N-dealkylation sites (N-methyl/N-ethyl adjacent to an activating group) is 1. The third-order valence-corrected chi connectivity index (χ3v) is 2.66. The molecule has 0 bridgehead atoms. The van der Waals surface area contributed by atoms with E-state index in [-0.39, 0.29) is 17.6 Å². The lowest BCUT2D eigenvalue weighted by Gasteiger charge is -2.20. The molecule has 2 N–H and O–H groups in total. The summed E-state index contributed by atoms with van der Waals surface area (Å²) >= 11 is 0. The zero-order chi connectivity index (χ0) is 13.5. The molecular formula is C13H19FN2O2.